The van der Waals surface area contributed by atoms with Crippen LogP contribution in [-0.2, 0) is 11.2 Å². The maximum atomic E-state index is 12.7. The van der Waals surface area contributed by atoms with E-state index in [2.05, 4.69) is 23.0 Å². The first-order valence-electron chi connectivity index (χ1n) is 8.27. The van der Waals surface area contributed by atoms with Crippen molar-refractivity contribution in [2.24, 2.45) is 0 Å². The minimum absolute atomic E-state index is 0.0454. The summed E-state index contributed by atoms with van der Waals surface area (Å²) in [5, 5.41) is 2.98. The van der Waals surface area contributed by atoms with E-state index in [9.17, 15) is 4.79 Å². The second kappa shape index (κ2) is 6.02. The van der Waals surface area contributed by atoms with Crippen LogP contribution < -0.4 is 0 Å². The highest BCUT2D eigenvalue weighted by atomic mass is 32.1. The summed E-state index contributed by atoms with van der Waals surface area (Å²) in [5.41, 5.74) is 4.07. The van der Waals surface area contributed by atoms with E-state index < -0.39 is 0 Å². The zero-order chi connectivity index (χ0) is 16.7. The number of aromatic amines is 1. The average Bonchev–Trinajstić information content (AvgIpc) is 3.25. The van der Waals surface area contributed by atoms with Crippen LogP contribution in [0.15, 0.2) is 23.6 Å². The number of hydrogen-bond donors (Lipinski definition) is 1. The van der Waals surface area contributed by atoms with Crippen molar-refractivity contribution in [3.05, 3.63) is 45.7 Å². The van der Waals surface area contributed by atoms with Gasteiger partial charge in [-0.3, -0.25) is 4.79 Å². The van der Waals surface area contributed by atoms with E-state index >= 15 is 0 Å². The number of hydrogen-bond acceptors (Lipinski definition) is 4. The zero-order valence-corrected chi connectivity index (χ0v) is 14.7. The molecule has 3 heterocycles. The van der Waals surface area contributed by atoms with Gasteiger partial charge >= 0.3 is 0 Å². The molecule has 1 aliphatic heterocycles. The van der Waals surface area contributed by atoms with E-state index in [0.29, 0.717) is 6.42 Å². The quantitative estimate of drug-likeness (QED) is 0.793. The summed E-state index contributed by atoms with van der Waals surface area (Å²) in [6.45, 7) is 4.83. The molecule has 3 aromatic rings. The van der Waals surface area contributed by atoms with Crippen LogP contribution in [0.5, 0.6) is 0 Å². The number of fused-ring (bicyclic) bond motifs is 1. The number of amides is 1. The maximum absolute atomic E-state index is 12.7. The van der Waals surface area contributed by atoms with Crippen molar-refractivity contribution in [1.82, 2.24) is 19.9 Å². The van der Waals surface area contributed by atoms with E-state index in [-0.39, 0.29) is 11.9 Å². The van der Waals surface area contributed by atoms with Crippen LogP contribution in [0.2, 0.25) is 0 Å². The lowest BCUT2D eigenvalue weighted by atomic mass is 10.2. The van der Waals surface area contributed by atoms with Crippen molar-refractivity contribution >= 4 is 28.3 Å². The lowest BCUT2D eigenvalue weighted by Gasteiger charge is -2.22. The number of para-hydroxylation sites is 1. The fourth-order valence-electron chi connectivity index (χ4n) is 3.45. The van der Waals surface area contributed by atoms with Crippen LogP contribution in [0.25, 0.3) is 11.0 Å². The van der Waals surface area contributed by atoms with Gasteiger partial charge in [-0.15, -0.1) is 11.3 Å². The van der Waals surface area contributed by atoms with Gasteiger partial charge < -0.3 is 9.88 Å². The Morgan fingerprint density at radius 1 is 1.38 bits per heavy atom. The number of likely N-dealkylation sites (tertiary alicyclic amines) is 1. The minimum atomic E-state index is 0.0454. The predicted octanol–water partition coefficient (Wildman–Crippen LogP) is 3.54. The van der Waals surface area contributed by atoms with Gasteiger partial charge in [-0.2, -0.15) is 0 Å². The zero-order valence-electron chi connectivity index (χ0n) is 13.9. The van der Waals surface area contributed by atoms with Crippen molar-refractivity contribution in [3.63, 3.8) is 0 Å². The summed E-state index contributed by atoms with van der Waals surface area (Å²) in [6, 6.07) is 6.18. The van der Waals surface area contributed by atoms with E-state index in [1.54, 1.807) is 11.3 Å². The Morgan fingerprint density at radius 2 is 2.25 bits per heavy atom. The van der Waals surface area contributed by atoms with Gasteiger partial charge in [0.15, 0.2) is 0 Å². The van der Waals surface area contributed by atoms with Crippen LogP contribution in [0.4, 0.5) is 0 Å². The monoisotopic (exact) mass is 340 g/mol. The Morgan fingerprint density at radius 3 is 3.00 bits per heavy atom. The minimum Gasteiger partial charge on any atom is -0.340 e. The fourth-order valence-corrected chi connectivity index (χ4v) is 4.06. The number of carbonyl (C=O) groups is 1. The van der Waals surface area contributed by atoms with E-state index in [1.807, 2.05) is 29.3 Å². The van der Waals surface area contributed by atoms with Gasteiger partial charge in [0.2, 0.25) is 5.91 Å². The Kier molecular flexibility index (Phi) is 3.84. The average molecular weight is 340 g/mol. The van der Waals surface area contributed by atoms with Crippen LogP contribution in [-0.4, -0.2) is 32.3 Å². The number of aromatic nitrogens is 3. The first-order valence-corrected chi connectivity index (χ1v) is 9.15. The topological polar surface area (TPSA) is 61.9 Å². The molecule has 1 fully saturated rings. The molecule has 0 radical (unpaired) electrons. The second-order valence-electron chi connectivity index (χ2n) is 6.37. The molecule has 0 unspecified atom stereocenters. The Bertz CT molecular complexity index is 897. The molecule has 1 saturated heterocycles. The van der Waals surface area contributed by atoms with Crippen LogP contribution >= 0.6 is 11.3 Å². The van der Waals surface area contributed by atoms with E-state index in [1.165, 1.54) is 0 Å². The number of aryl methyl sites for hydroxylation is 2. The molecule has 2 aromatic heterocycles. The first kappa shape index (κ1) is 15.3. The highest BCUT2D eigenvalue weighted by Crippen LogP contribution is 2.32. The molecule has 24 heavy (non-hydrogen) atoms. The number of nitrogens with one attached hydrogen (secondary N) is 1. The number of thiazole rings is 1. The Balaban J connectivity index is 1.59. The van der Waals surface area contributed by atoms with E-state index in [0.717, 1.165) is 52.5 Å². The number of benzene rings is 1. The van der Waals surface area contributed by atoms with Gasteiger partial charge in [-0.05, 0) is 38.3 Å². The summed E-state index contributed by atoms with van der Waals surface area (Å²) >= 11 is 1.59. The number of H-pyrrole nitrogens is 1. The van der Waals surface area contributed by atoms with Gasteiger partial charge in [0.05, 0.1) is 34.2 Å². The van der Waals surface area contributed by atoms with Gasteiger partial charge in [0.1, 0.15) is 5.82 Å². The van der Waals surface area contributed by atoms with Crippen molar-refractivity contribution in [2.45, 2.75) is 39.2 Å². The van der Waals surface area contributed by atoms with Crippen molar-refractivity contribution in [2.75, 3.05) is 6.54 Å². The predicted molar refractivity (Wildman–Crippen MR) is 95.1 cm³/mol. The SMILES string of the molecule is Cc1nc(CC(=O)N2CCC[C@@H]2c2nc3c(C)cccc3[nH]2)cs1. The third-order valence-electron chi connectivity index (χ3n) is 4.62. The molecular formula is C18H20N4OS. The van der Waals surface area contributed by atoms with Gasteiger partial charge in [0, 0.05) is 11.9 Å². The summed E-state index contributed by atoms with van der Waals surface area (Å²) in [4.78, 5) is 27.3. The number of rotatable bonds is 3. The molecule has 0 aliphatic carbocycles. The van der Waals surface area contributed by atoms with Crippen molar-refractivity contribution in [1.29, 1.82) is 0 Å². The summed E-state index contributed by atoms with van der Waals surface area (Å²) < 4.78 is 0. The third kappa shape index (κ3) is 2.71. The molecule has 1 aromatic carbocycles. The number of imidazole rings is 1. The summed E-state index contributed by atoms with van der Waals surface area (Å²) in [5.74, 6) is 1.04. The smallest absolute Gasteiger partial charge is 0.229 e. The highest BCUT2D eigenvalue weighted by molar-refractivity contribution is 7.09. The van der Waals surface area contributed by atoms with Crippen LogP contribution in [0.3, 0.4) is 0 Å². The highest BCUT2D eigenvalue weighted by Gasteiger charge is 2.32. The molecule has 4 rings (SSSR count). The maximum Gasteiger partial charge on any atom is 0.229 e. The molecule has 5 nitrogen and oxygen atoms in total. The summed E-state index contributed by atoms with van der Waals surface area (Å²) in [6.07, 6.45) is 2.35. The van der Waals surface area contributed by atoms with Gasteiger partial charge in [-0.25, -0.2) is 9.97 Å². The molecule has 124 valence electrons. The fraction of sp³-hybridized carbons (Fsp3) is 0.389. The molecule has 1 amide bonds. The number of carbonyl (C=O) groups excluding carboxylic acids is 1. The molecular weight excluding hydrogens is 320 g/mol. The Hall–Kier alpha value is -2.21. The molecule has 1 atom stereocenters. The molecule has 1 aliphatic rings. The third-order valence-corrected chi connectivity index (χ3v) is 5.44. The van der Waals surface area contributed by atoms with Crippen LogP contribution in [0.1, 0.15) is 41.0 Å². The lowest BCUT2D eigenvalue weighted by molar-refractivity contribution is -0.131. The molecule has 1 N–H and O–H groups in total. The molecule has 0 bridgehead atoms. The Labute approximate surface area is 144 Å². The summed E-state index contributed by atoms with van der Waals surface area (Å²) in [7, 11) is 0. The van der Waals surface area contributed by atoms with Crippen LogP contribution in [0, 0.1) is 13.8 Å². The standard InChI is InChI=1S/C18H20N4OS/c1-11-5-3-6-14-17(11)21-18(20-14)15-7-4-8-22(15)16(23)9-13-10-24-12(2)19-13/h3,5-6,10,15H,4,7-9H2,1-2H3,(H,20,21)/t15-/m1/s1. The van der Waals surface area contributed by atoms with Gasteiger partial charge in [-0.1, -0.05) is 12.1 Å². The van der Waals surface area contributed by atoms with Crippen molar-refractivity contribution < 1.29 is 4.79 Å². The lowest BCUT2D eigenvalue weighted by Crippen LogP contribution is -2.32. The van der Waals surface area contributed by atoms with Crippen molar-refractivity contribution in [3.8, 4) is 0 Å². The second-order valence-corrected chi connectivity index (χ2v) is 7.44. The normalized spacial score (nSPS) is 17.8. The largest absolute Gasteiger partial charge is 0.340 e. The first-order chi connectivity index (χ1) is 11.6. The molecule has 0 saturated carbocycles. The molecule has 6 heteroatoms. The van der Waals surface area contributed by atoms with Gasteiger partial charge in [0.25, 0.3) is 0 Å². The van der Waals surface area contributed by atoms with E-state index in [4.69, 9.17) is 4.98 Å². The number of nitrogens with zero attached hydrogens (tertiary/aromatic N) is 3. The molecule has 0 spiro atoms.